The Kier molecular flexibility index (Phi) is 2.39. The van der Waals surface area contributed by atoms with Gasteiger partial charge in [0.05, 0.1) is 17.2 Å². The SMILES string of the molecule is N#Cc1ccn2c(-c3c(O)cccc3F)nnc2c1. The molecule has 0 saturated carbocycles. The first-order valence-corrected chi connectivity index (χ1v) is 5.43. The highest BCUT2D eigenvalue weighted by Gasteiger charge is 2.16. The molecule has 0 bridgehead atoms. The second-order valence-corrected chi connectivity index (χ2v) is 3.91. The van der Waals surface area contributed by atoms with E-state index in [1.54, 1.807) is 12.3 Å². The van der Waals surface area contributed by atoms with E-state index < -0.39 is 5.82 Å². The lowest BCUT2D eigenvalue weighted by Gasteiger charge is -2.04. The number of hydrogen-bond donors (Lipinski definition) is 1. The molecule has 0 spiro atoms. The Morgan fingerprint density at radius 3 is 2.84 bits per heavy atom. The number of rotatable bonds is 1. The first kappa shape index (κ1) is 11.2. The summed E-state index contributed by atoms with van der Waals surface area (Å²) in [5.74, 6) is -0.604. The summed E-state index contributed by atoms with van der Waals surface area (Å²) in [6.45, 7) is 0. The Bertz CT molecular complexity index is 799. The zero-order chi connectivity index (χ0) is 13.4. The zero-order valence-corrected chi connectivity index (χ0v) is 9.58. The molecule has 0 radical (unpaired) electrons. The molecule has 2 aromatic heterocycles. The molecular weight excluding hydrogens is 247 g/mol. The molecule has 92 valence electrons. The van der Waals surface area contributed by atoms with E-state index in [-0.39, 0.29) is 17.1 Å². The van der Waals surface area contributed by atoms with Crippen LogP contribution in [0.2, 0.25) is 0 Å². The van der Waals surface area contributed by atoms with Crippen molar-refractivity contribution in [2.24, 2.45) is 0 Å². The quantitative estimate of drug-likeness (QED) is 0.721. The minimum atomic E-state index is -0.585. The summed E-state index contributed by atoms with van der Waals surface area (Å²) >= 11 is 0. The summed E-state index contributed by atoms with van der Waals surface area (Å²) in [5, 5.41) is 26.3. The lowest BCUT2D eigenvalue weighted by Crippen LogP contribution is -1.93. The Morgan fingerprint density at radius 1 is 1.26 bits per heavy atom. The summed E-state index contributed by atoms with van der Waals surface area (Å²) in [7, 11) is 0. The second-order valence-electron chi connectivity index (χ2n) is 3.91. The van der Waals surface area contributed by atoms with Crippen molar-refractivity contribution in [1.29, 1.82) is 5.26 Å². The molecule has 0 aliphatic carbocycles. The summed E-state index contributed by atoms with van der Waals surface area (Å²) in [4.78, 5) is 0. The van der Waals surface area contributed by atoms with E-state index in [1.807, 2.05) is 6.07 Å². The van der Waals surface area contributed by atoms with Crippen molar-refractivity contribution in [3.8, 4) is 23.2 Å². The molecule has 0 amide bonds. The maximum atomic E-state index is 13.8. The maximum absolute atomic E-state index is 13.8. The molecule has 0 aliphatic rings. The first-order chi connectivity index (χ1) is 9.20. The molecule has 3 aromatic rings. The molecule has 3 rings (SSSR count). The van der Waals surface area contributed by atoms with E-state index in [2.05, 4.69) is 10.2 Å². The number of halogens is 1. The van der Waals surface area contributed by atoms with Crippen LogP contribution in [0.25, 0.3) is 17.0 Å². The van der Waals surface area contributed by atoms with Crippen LogP contribution < -0.4 is 0 Å². The second kappa shape index (κ2) is 4.07. The summed E-state index contributed by atoms with van der Waals surface area (Å²) in [5.41, 5.74) is 0.834. The highest BCUT2D eigenvalue weighted by Crippen LogP contribution is 2.30. The smallest absolute Gasteiger partial charge is 0.175 e. The highest BCUT2D eigenvalue weighted by molar-refractivity contribution is 5.67. The van der Waals surface area contributed by atoms with Gasteiger partial charge in [0.15, 0.2) is 11.5 Å². The molecular formula is C13H7FN4O. The lowest BCUT2D eigenvalue weighted by atomic mass is 10.1. The molecule has 2 heterocycles. The molecule has 0 unspecified atom stereocenters. The van der Waals surface area contributed by atoms with Crippen LogP contribution in [0.1, 0.15) is 5.56 Å². The van der Waals surface area contributed by atoms with Gasteiger partial charge in [-0.25, -0.2) is 4.39 Å². The van der Waals surface area contributed by atoms with Crippen molar-refractivity contribution in [3.05, 3.63) is 47.9 Å². The molecule has 0 atom stereocenters. The standard InChI is InChI=1S/C13H7FN4O/c14-9-2-1-3-10(19)12(9)13-17-16-11-6-8(7-15)4-5-18(11)13/h1-6,19H. The number of benzene rings is 1. The molecule has 19 heavy (non-hydrogen) atoms. The van der Waals surface area contributed by atoms with Crippen LogP contribution in [0, 0.1) is 17.1 Å². The Labute approximate surface area is 107 Å². The molecule has 0 fully saturated rings. The van der Waals surface area contributed by atoms with E-state index in [0.29, 0.717) is 11.2 Å². The van der Waals surface area contributed by atoms with Gasteiger partial charge in [-0.3, -0.25) is 4.40 Å². The van der Waals surface area contributed by atoms with Crippen LogP contribution in [0.5, 0.6) is 5.75 Å². The number of pyridine rings is 1. The highest BCUT2D eigenvalue weighted by atomic mass is 19.1. The first-order valence-electron chi connectivity index (χ1n) is 5.43. The fourth-order valence-corrected chi connectivity index (χ4v) is 1.86. The number of aromatic nitrogens is 3. The van der Waals surface area contributed by atoms with Crippen LogP contribution in [-0.2, 0) is 0 Å². The minimum Gasteiger partial charge on any atom is -0.507 e. The van der Waals surface area contributed by atoms with E-state index in [0.717, 1.165) is 0 Å². The van der Waals surface area contributed by atoms with Crippen LogP contribution in [0.4, 0.5) is 4.39 Å². The molecule has 1 aromatic carbocycles. The third kappa shape index (κ3) is 1.68. The van der Waals surface area contributed by atoms with Gasteiger partial charge in [-0.15, -0.1) is 10.2 Å². The Morgan fingerprint density at radius 2 is 2.11 bits per heavy atom. The number of hydrogen-bond acceptors (Lipinski definition) is 4. The zero-order valence-electron chi connectivity index (χ0n) is 9.58. The van der Waals surface area contributed by atoms with E-state index in [4.69, 9.17) is 5.26 Å². The van der Waals surface area contributed by atoms with Gasteiger partial charge >= 0.3 is 0 Å². The number of nitrogens with zero attached hydrogens (tertiary/aromatic N) is 4. The number of phenols is 1. The molecule has 6 heteroatoms. The number of fused-ring (bicyclic) bond motifs is 1. The predicted octanol–water partition coefficient (Wildman–Crippen LogP) is 2.11. The molecule has 0 aliphatic heterocycles. The van der Waals surface area contributed by atoms with Crippen molar-refractivity contribution < 1.29 is 9.50 Å². The molecule has 1 N–H and O–H groups in total. The molecule has 5 nitrogen and oxygen atoms in total. The van der Waals surface area contributed by atoms with Gasteiger partial charge in [-0.05, 0) is 18.2 Å². The Hall–Kier alpha value is -2.94. The van der Waals surface area contributed by atoms with Gasteiger partial charge in [0, 0.05) is 12.3 Å². The third-order valence-corrected chi connectivity index (χ3v) is 2.75. The van der Waals surface area contributed by atoms with Crippen LogP contribution >= 0.6 is 0 Å². The van der Waals surface area contributed by atoms with Gasteiger partial charge in [0.2, 0.25) is 0 Å². The normalized spacial score (nSPS) is 10.5. The fraction of sp³-hybridized carbons (Fsp3) is 0. The van der Waals surface area contributed by atoms with Crippen LogP contribution in [-0.4, -0.2) is 19.7 Å². The average Bonchev–Trinajstić information content (AvgIpc) is 2.81. The van der Waals surface area contributed by atoms with Crippen LogP contribution in [0.15, 0.2) is 36.5 Å². The van der Waals surface area contributed by atoms with Gasteiger partial charge in [0.25, 0.3) is 0 Å². The van der Waals surface area contributed by atoms with Gasteiger partial charge in [-0.2, -0.15) is 5.26 Å². The predicted molar refractivity (Wildman–Crippen MR) is 64.8 cm³/mol. The summed E-state index contributed by atoms with van der Waals surface area (Å²) < 4.78 is 15.3. The van der Waals surface area contributed by atoms with Crippen molar-refractivity contribution in [1.82, 2.24) is 14.6 Å². The number of aromatic hydroxyl groups is 1. The topological polar surface area (TPSA) is 74.2 Å². The van der Waals surface area contributed by atoms with Crippen molar-refractivity contribution in [2.75, 3.05) is 0 Å². The van der Waals surface area contributed by atoms with Gasteiger partial charge in [0.1, 0.15) is 11.6 Å². The van der Waals surface area contributed by atoms with Gasteiger partial charge in [-0.1, -0.05) is 6.07 Å². The monoisotopic (exact) mass is 254 g/mol. The van der Waals surface area contributed by atoms with Crippen molar-refractivity contribution in [3.63, 3.8) is 0 Å². The Balaban J connectivity index is 2.30. The minimum absolute atomic E-state index is 0.0142. The van der Waals surface area contributed by atoms with E-state index in [9.17, 15) is 9.50 Å². The average molecular weight is 254 g/mol. The largest absolute Gasteiger partial charge is 0.507 e. The van der Waals surface area contributed by atoms with E-state index in [1.165, 1.54) is 28.7 Å². The number of phenolic OH excluding ortho intramolecular Hbond substituents is 1. The van der Waals surface area contributed by atoms with Crippen LogP contribution in [0.3, 0.4) is 0 Å². The van der Waals surface area contributed by atoms with Crippen molar-refractivity contribution in [2.45, 2.75) is 0 Å². The van der Waals surface area contributed by atoms with Gasteiger partial charge < -0.3 is 5.11 Å². The summed E-state index contributed by atoms with van der Waals surface area (Å²) in [6, 6.07) is 9.11. The maximum Gasteiger partial charge on any atom is 0.175 e. The lowest BCUT2D eigenvalue weighted by molar-refractivity contribution is 0.471. The third-order valence-electron chi connectivity index (χ3n) is 2.75. The molecule has 0 saturated heterocycles. The van der Waals surface area contributed by atoms with E-state index >= 15 is 0 Å². The van der Waals surface area contributed by atoms with Crippen molar-refractivity contribution >= 4 is 5.65 Å². The number of nitriles is 1. The summed E-state index contributed by atoms with van der Waals surface area (Å²) in [6.07, 6.45) is 1.56. The fourth-order valence-electron chi connectivity index (χ4n) is 1.86.